The minimum atomic E-state index is -0.681. The van der Waals surface area contributed by atoms with Crippen LogP contribution in [0.5, 0.6) is 11.5 Å². The molecule has 162 valence electrons. The van der Waals surface area contributed by atoms with E-state index in [4.69, 9.17) is 9.47 Å². The molecule has 0 saturated carbocycles. The van der Waals surface area contributed by atoms with Crippen molar-refractivity contribution < 1.29 is 19.1 Å². The largest absolute Gasteiger partial charge is 0.493 e. The fraction of sp³-hybridized carbons (Fsp3) is 0.120. The molecular formula is C25H21IN2O4. The lowest BCUT2D eigenvalue weighted by Crippen LogP contribution is -2.45. The van der Waals surface area contributed by atoms with Gasteiger partial charge in [0.05, 0.1) is 35.1 Å². The molecule has 1 atom stereocenters. The lowest BCUT2D eigenvalue weighted by molar-refractivity contribution is 0.102. The van der Waals surface area contributed by atoms with Gasteiger partial charge in [-0.05, 0) is 45.9 Å². The topological polar surface area (TPSA) is 76.7 Å². The Morgan fingerprint density at radius 2 is 1.59 bits per heavy atom. The van der Waals surface area contributed by atoms with Crippen LogP contribution in [0.2, 0.25) is 0 Å². The first kappa shape index (κ1) is 21.9. The summed E-state index contributed by atoms with van der Waals surface area (Å²) in [4.78, 5) is 26.4. The molecule has 3 aromatic carbocycles. The summed E-state index contributed by atoms with van der Waals surface area (Å²) in [6.07, 6.45) is 0. The summed E-state index contributed by atoms with van der Waals surface area (Å²) in [7, 11) is 3.13. The van der Waals surface area contributed by atoms with Gasteiger partial charge in [-0.1, -0.05) is 60.7 Å². The molecule has 3 aromatic rings. The second-order valence-corrected chi connectivity index (χ2v) is 8.28. The molecule has 6 nitrogen and oxygen atoms in total. The van der Waals surface area contributed by atoms with E-state index >= 15 is 0 Å². The molecule has 0 fully saturated rings. The molecule has 32 heavy (non-hydrogen) atoms. The standard InChI is InChI=1S/C25H21IN2O4/c1-31-19-14-17(13-18(26)24(19)32-2)22-20(23(29)16-11-7-4-8-12-16)21(27-25(30)28-22)15-9-5-3-6-10-15/h3-14,22H,1-2H3,(H2,27,28,30)/t22-/m0/s1. The number of benzene rings is 3. The molecule has 2 amide bonds. The molecule has 0 unspecified atom stereocenters. The average molecular weight is 540 g/mol. The summed E-state index contributed by atoms with van der Waals surface area (Å²) in [5, 5.41) is 5.77. The van der Waals surface area contributed by atoms with Gasteiger partial charge in [-0.2, -0.15) is 0 Å². The maximum absolute atomic E-state index is 13.7. The number of urea groups is 1. The number of hydrogen-bond acceptors (Lipinski definition) is 4. The van der Waals surface area contributed by atoms with Crippen molar-refractivity contribution in [3.05, 3.63) is 98.6 Å². The number of methoxy groups -OCH3 is 2. The van der Waals surface area contributed by atoms with Crippen LogP contribution in [0.1, 0.15) is 27.5 Å². The summed E-state index contributed by atoms with van der Waals surface area (Å²) in [5.41, 5.74) is 2.94. The zero-order chi connectivity index (χ0) is 22.7. The van der Waals surface area contributed by atoms with Gasteiger partial charge in [-0.3, -0.25) is 4.79 Å². The summed E-state index contributed by atoms with van der Waals surface area (Å²) < 4.78 is 11.8. The minimum Gasteiger partial charge on any atom is -0.493 e. The first-order chi connectivity index (χ1) is 15.5. The fourth-order valence-corrected chi connectivity index (χ4v) is 4.59. The Labute approximate surface area is 199 Å². The Balaban J connectivity index is 1.95. The second kappa shape index (κ2) is 9.44. The van der Waals surface area contributed by atoms with Gasteiger partial charge in [0.25, 0.3) is 0 Å². The van der Waals surface area contributed by atoms with Crippen molar-refractivity contribution in [3.63, 3.8) is 0 Å². The quantitative estimate of drug-likeness (QED) is 0.343. The van der Waals surface area contributed by atoms with E-state index in [9.17, 15) is 9.59 Å². The number of Topliss-reactive ketones (excluding diaryl/α,β-unsaturated/α-hetero) is 1. The Hall–Kier alpha value is -3.33. The fourth-order valence-electron chi connectivity index (χ4n) is 3.74. The lowest BCUT2D eigenvalue weighted by atomic mass is 9.87. The van der Waals surface area contributed by atoms with Crippen LogP contribution in [0.25, 0.3) is 5.70 Å². The van der Waals surface area contributed by atoms with E-state index in [-0.39, 0.29) is 11.8 Å². The van der Waals surface area contributed by atoms with Crippen LogP contribution in [0, 0.1) is 3.57 Å². The number of amides is 2. The predicted molar refractivity (Wildman–Crippen MR) is 131 cm³/mol. The van der Waals surface area contributed by atoms with Gasteiger partial charge in [0, 0.05) is 5.56 Å². The predicted octanol–water partition coefficient (Wildman–Crippen LogP) is 4.96. The van der Waals surface area contributed by atoms with Gasteiger partial charge >= 0.3 is 6.03 Å². The highest BCUT2D eigenvalue weighted by atomic mass is 127. The lowest BCUT2D eigenvalue weighted by Gasteiger charge is -2.30. The van der Waals surface area contributed by atoms with Crippen molar-refractivity contribution in [2.45, 2.75) is 6.04 Å². The van der Waals surface area contributed by atoms with Crippen molar-refractivity contribution in [2.24, 2.45) is 0 Å². The van der Waals surface area contributed by atoms with E-state index in [1.165, 1.54) is 0 Å². The molecule has 1 heterocycles. The molecular weight excluding hydrogens is 519 g/mol. The molecule has 7 heteroatoms. The SMILES string of the molecule is COc1cc([C@@H]2NC(=O)NC(c3ccccc3)=C2C(=O)c2ccccc2)cc(I)c1OC. The number of nitrogens with one attached hydrogen (secondary N) is 2. The molecule has 0 aromatic heterocycles. The van der Waals surface area contributed by atoms with Crippen molar-refractivity contribution in [3.8, 4) is 11.5 Å². The maximum atomic E-state index is 13.7. The molecule has 1 aliphatic rings. The van der Waals surface area contributed by atoms with Crippen LogP contribution in [-0.2, 0) is 0 Å². The van der Waals surface area contributed by atoms with Crippen molar-refractivity contribution in [1.82, 2.24) is 10.6 Å². The smallest absolute Gasteiger partial charge is 0.320 e. The average Bonchev–Trinajstić information content (AvgIpc) is 2.83. The summed E-state index contributed by atoms with van der Waals surface area (Å²) in [6, 6.07) is 21.0. The second-order valence-electron chi connectivity index (χ2n) is 7.12. The van der Waals surface area contributed by atoms with E-state index < -0.39 is 6.04 Å². The molecule has 0 saturated heterocycles. The Morgan fingerprint density at radius 1 is 0.938 bits per heavy atom. The van der Waals surface area contributed by atoms with Gasteiger partial charge in [-0.15, -0.1) is 0 Å². The van der Waals surface area contributed by atoms with Gasteiger partial charge in [0.2, 0.25) is 0 Å². The van der Waals surface area contributed by atoms with Gasteiger partial charge in [0.1, 0.15) is 0 Å². The van der Waals surface area contributed by atoms with E-state index in [1.54, 1.807) is 32.4 Å². The highest BCUT2D eigenvalue weighted by molar-refractivity contribution is 14.1. The van der Waals surface area contributed by atoms with Crippen LogP contribution in [-0.4, -0.2) is 26.0 Å². The van der Waals surface area contributed by atoms with Crippen molar-refractivity contribution in [2.75, 3.05) is 14.2 Å². The first-order valence-electron chi connectivity index (χ1n) is 9.91. The van der Waals surface area contributed by atoms with E-state index in [0.29, 0.717) is 28.3 Å². The number of halogens is 1. The molecule has 0 spiro atoms. The molecule has 4 rings (SSSR count). The van der Waals surface area contributed by atoms with Crippen LogP contribution in [0.4, 0.5) is 4.79 Å². The molecule has 0 radical (unpaired) electrons. The van der Waals surface area contributed by atoms with Gasteiger partial charge < -0.3 is 20.1 Å². The third-order valence-corrected chi connectivity index (χ3v) is 6.01. The highest BCUT2D eigenvalue weighted by Gasteiger charge is 2.34. The van der Waals surface area contributed by atoms with Crippen molar-refractivity contribution >= 4 is 40.1 Å². The summed E-state index contributed by atoms with van der Waals surface area (Å²) in [6.45, 7) is 0. The Morgan fingerprint density at radius 3 is 2.22 bits per heavy atom. The third kappa shape index (κ3) is 4.20. The third-order valence-electron chi connectivity index (χ3n) is 5.20. The number of ether oxygens (including phenoxy) is 2. The minimum absolute atomic E-state index is 0.174. The van der Waals surface area contributed by atoms with Crippen LogP contribution in [0.3, 0.4) is 0 Å². The number of rotatable bonds is 6. The Kier molecular flexibility index (Phi) is 6.45. The zero-order valence-corrected chi connectivity index (χ0v) is 19.7. The normalized spacial score (nSPS) is 15.6. The van der Waals surface area contributed by atoms with E-state index in [2.05, 4.69) is 33.2 Å². The van der Waals surface area contributed by atoms with E-state index in [1.807, 2.05) is 54.6 Å². The zero-order valence-electron chi connectivity index (χ0n) is 17.5. The van der Waals surface area contributed by atoms with Crippen LogP contribution < -0.4 is 20.1 Å². The monoisotopic (exact) mass is 540 g/mol. The maximum Gasteiger partial charge on any atom is 0.320 e. The van der Waals surface area contributed by atoms with Gasteiger partial charge in [-0.25, -0.2) is 4.79 Å². The van der Waals surface area contributed by atoms with E-state index in [0.717, 1.165) is 14.7 Å². The number of hydrogen-bond donors (Lipinski definition) is 2. The molecule has 1 aliphatic heterocycles. The van der Waals surface area contributed by atoms with Crippen molar-refractivity contribution in [1.29, 1.82) is 0 Å². The molecule has 2 N–H and O–H groups in total. The highest BCUT2D eigenvalue weighted by Crippen LogP contribution is 2.39. The number of carbonyl (C=O) groups excluding carboxylic acids is 2. The summed E-state index contributed by atoms with van der Waals surface area (Å²) >= 11 is 2.15. The van der Waals surface area contributed by atoms with Gasteiger partial charge in [0.15, 0.2) is 17.3 Å². The summed E-state index contributed by atoms with van der Waals surface area (Å²) in [5.74, 6) is 0.946. The van der Waals surface area contributed by atoms with Crippen LogP contribution in [0.15, 0.2) is 78.4 Å². The Bertz CT molecular complexity index is 1190. The van der Waals surface area contributed by atoms with Crippen LogP contribution >= 0.6 is 22.6 Å². The molecule has 0 bridgehead atoms. The number of carbonyl (C=O) groups is 2. The molecule has 0 aliphatic carbocycles. The number of ketones is 1. The first-order valence-corrected chi connectivity index (χ1v) is 11.0.